The van der Waals surface area contributed by atoms with Crippen molar-refractivity contribution in [1.29, 1.82) is 0 Å². The molecule has 1 aromatic rings. The Hall–Kier alpha value is -1.35. The van der Waals surface area contributed by atoms with E-state index in [4.69, 9.17) is 0 Å². The number of hydrogen-bond acceptors (Lipinski definition) is 2. The third kappa shape index (κ3) is 3.23. The summed E-state index contributed by atoms with van der Waals surface area (Å²) in [6, 6.07) is 11.9. The lowest BCUT2D eigenvalue weighted by molar-refractivity contribution is -0.134. The van der Waals surface area contributed by atoms with Crippen LogP contribution in [0.5, 0.6) is 0 Å². The molecule has 4 rings (SSSR count). The summed E-state index contributed by atoms with van der Waals surface area (Å²) < 4.78 is 0. The first kappa shape index (κ1) is 16.1. The Morgan fingerprint density at radius 3 is 2.50 bits per heavy atom. The summed E-state index contributed by atoms with van der Waals surface area (Å²) in [7, 11) is 0. The molecule has 0 bridgehead atoms. The summed E-state index contributed by atoms with van der Waals surface area (Å²) in [5.74, 6) is 0.994. The summed E-state index contributed by atoms with van der Waals surface area (Å²) in [6.07, 6.45) is 7.09. The van der Waals surface area contributed by atoms with Crippen molar-refractivity contribution in [3.63, 3.8) is 0 Å². The summed E-state index contributed by atoms with van der Waals surface area (Å²) in [4.78, 5) is 16.9. The Balaban J connectivity index is 1.51. The number of amides is 1. The first-order valence-electron chi connectivity index (χ1n) is 9.76. The van der Waals surface area contributed by atoms with E-state index in [1.807, 2.05) is 6.92 Å². The van der Waals surface area contributed by atoms with Gasteiger partial charge in [0.15, 0.2) is 0 Å². The number of hydrogen-bond donors (Lipinski definition) is 0. The predicted molar refractivity (Wildman–Crippen MR) is 96.9 cm³/mol. The van der Waals surface area contributed by atoms with Gasteiger partial charge >= 0.3 is 0 Å². The topological polar surface area (TPSA) is 23.6 Å². The highest BCUT2D eigenvalue weighted by Crippen LogP contribution is 2.47. The molecule has 3 nitrogen and oxygen atoms in total. The van der Waals surface area contributed by atoms with Gasteiger partial charge in [-0.3, -0.25) is 9.69 Å². The monoisotopic (exact) mass is 326 g/mol. The van der Waals surface area contributed by atoms with Crippen molar-refractivity contribution in [3.8, 4) is 0 Å². The van der Waals surface area contributed by atoms with E-state index in [1.165, 1.54) is 50.8 Å². The molecule has 3 fully saturated rings. The maximum Gasteiger partial charge on any atom is 0.222 e. The van der Waals surface area contributed by atoms with Gasteiger partial charge in [0.05, 0.1) is 0 Å². The van der Waals surface area contributed by atoms with E-state index < -0.39 is 0 Å². The average Bonchev–Trinajstić information content (AvgIpc) is 3.47. The Bertz CT molecular complexity index is 573. The van der Waals surface area contributed by atoms with Gasteiger partial charge in [0.1, 0.15) is 0 Å². The van der Waals surface area contributed by atoms with Gasteiger partial charge < -0.3 is 4.90 Å². The second kappa shape index (κ2) is 6.51. The normalized spacial score (nSPS) is 27.4. The molecule has 0 aromatic heterocycles. The predicted octanol–water partition coefficient (Wildman–Crippen LogP) is 3.66. The van der Waals surface area contributed by atoms with Crippen molar-refractivity contribution in [1.82, 2.24) is 9.80 Å². The maximum absolute atomic E-state index is 12.0. The number of carbonyl (C=O) groups is 1. The first-order chi connectivity index (χ1) is 11.7. The second-order valence-corrected chi connectivity index (χ2v) is 8.21. The van der Waals surface area contributed by atoms with Gasteiger partial charge in [0, 0.05) is 38.6 Å². The van der Waals surface area contributed by atoms with Crippen molar-refractivity contribution in [2.24, 2.45) is 5.41 Å². The fraction of sp³-hybridized carbons (Fsp3) is 0.667. The van der Waals surface area contributed by atoms with Crippen molar-refractivity contribution >= 4 is 5.91 Å². The molecule has 24 heavy (non-hydrogen) atoms. The Morgan fingerprint density at radius 2 is 1.88 bits per heavy atom. The van der Waals surface area contributed by atoms with Gasteiger partial charge in [-0.05, 0) is 49.0 Å². The fourth-order valence-corrected chi connectivity index (χ4v) is 4.91. The van der Waals surface area contributed by atoms with Crippen molar-refractivity contribution in [2.75, 3.05) is 26.2 Å². The van der Waals surface area contributed by atoms with E-state index in [2.05, 4.69) is 40.1 Å². The number of benzene rings is 1. The highest BCUT2D eigenvalue weighted by atomic mass is 16.2. The minimum absolute atomic E-state index is 0.333. The molecule has 1 unspecified atom stereocenters. The van der Waals surface area contributed by atoms with Crippen LogP contribution in [0.2, 0.25) is 0 Å². The van der Waals surface area contributed by atoms with Crippen LogP contribution in [0.1, 0.15) is 56.9 Å². The second-order valence-electron chi connectivity index (χ2n) is 8.21. The van der Waals surface area contributed by atoms with Crippen LogP contribution < -0.4 is 0 Å². The molecule has 1 amide bonds. The van der Waals surface area contributed by atoms with Crippen LogP contribution in [0.15, 0.2) is 30.3 Å². The van der Waals surface area contributed by atoms with Crippen LogP contribution >= 0.6 is 0 Å². The largest absolute Gasteiger partial charge is 0.343 e. The van der Waals surface area contributed by atoms with Crippen LogP contribution in [0.25, 0.3) is 0 Å². The van der Waals surface area contributed by atoms with Crippen LogP contribution in [0.4, 0.5) is 0 Å². The first-order valence-corrected chi connectivity index (χ1v) is 9.76. The number of rotatable bonds is 3. The zero-order valence-corrected chi connectivity index (χ0v) is 14.9. The van der Waals surface area contributed by atoms with Gasteiger partial charge in [-0.2, -0.15) is 0 Å². The van der Waals surface area contributed by atoms with Gasteiger partial charge in [-0.15, -0.1) is 0 Å². The van der Waals surface area contributed by atoms with E-state index in [0.29, 0.717) is 23.7 Å². The molecule has 1 aliphatic carbocycles. The van der Waals surface area contributed by atoms with Crippen LogP contribution in [-0.2, 0) is 4.79 Å². The number of nitrogens with zero attached hydrogens (tertiary/aromatic N) is 2. The van der Waals surface area contributed by atoms with Crippen molar-refractivity contribution in [3.05, 3.63) is 35.9 Å². The molecule has 130 valence electrons. The van der Waals surface area contributed by atoms with Gasteiger partial charge in [-0.1, -0.05) is 37.3 Å². The smallest absolute Gasteiger partial charge is 0.222 e. The number of piperidine rings is 2. The lowest BCUT2D eigenvalue weighted by Crippen LogP contribution is -2.53. The molecule has 0 radical (unpaired) electrons. The van der Waals surface area contributed by atoms with Crippen molar-refractivity contribution in [2.45, 2.75) is 57.4 Å². The third-order valence-corrected chi connectivity index (χ3v) is 6.49. The molecule has 2 heterocycles. The molecule has 2 aliphatic heterocycles. The molecule has 1 spiro atoms. The molecule has 1 atom stereocenters. The lowest BCUT2D eigenvalue weighted by Gasteiger charge is -2.50. The standard InChI is InChI=1S/C21H30N2O/c1-2-20(24)22-12-10-21(11-13-22)14-18(17-6-4-3-5-7-17)15-23(16-21)19-8-9-19/h3-7,18-19H,2,8-16H2,1H3. The average molecular weight is 326 g/mol. The van der Waals surface area contributed by atoms with E-state index >= 15 is 0 Å². The van der Waals surface area contributed by atoms with Gasteiger partial charge in [-0.25, -0.2) is 0 Å². The van der Waals surface area contributed by atoms with Gasteiger partial charge in [0.2, 0.25) is 5.91 Å². The van der Waals surface area contributed by atoms with E-state index in [-0.39, 0.29) is 0 Å². The zero-order chi connectivity index (χ0) is 16.6. The number of carbonyl (C=O) groups excluding carboxylic acids is 1. The molecule has 2 saturated heterocycles. The molecule has 3 aliphatic rings. The Labute approximate surface area is 146 Å². The summed E-state index contributed by atoms with van der Waals surface area (Å²) >= 11 is 0. The highest BCUT2D eigenvalue weighted by Gasteiger charge is 2.45. The lowest BCUT2D eigenvalue weighted by atomic mass is 9.68. The summed E-state index contributed by atoms with van der Waals surface area (Å²) in [5.41, 5.74) is 1.93. The molecule has 1 aromatic carbocycles. The van der Waals surface area contributed by atoms with E-state index in [1.54, 1.807) is 0 Å². The number of likely N-dealkylation sites (tertiary alicyclic amines) is 2. The van der Waals surface area contributed by atoms with Crippen LogP contribution in [0, 0.1) is 5.41 Å². The molecule has 1 saturated carbocycles. The summed E-state index contributed by atoms with van der Waals surface area (Å²) in [5, 5.41) is 0. The van der Waals surface area contributed by atoms with E-state index in [0.717, 1.165) is 19.1 Å². The molecule has 0 N–H and O–H groups in total. The zero-order valence-electron chi connectivity index (χ0n) is 14.9. The van der Waals surface area contributed by atoms with Crippen LogP contribution in [-0.4, -0.2) is 47.9 Å². The maximum atomic E-state index is 12.0. The molecule has 3 heteroatoms. The third-order valence-electron chi connectivity index (χ3n) is 6.49. The molecular formula is C21H30N2O. The minimum atomic E-state index is 0.333. The Kier molecular flexibility index (Phi) is 4.38. The quantitative estimate of drug-likeness (QED) is 0.846. The SMILES string of the molecule is CCC(=O)N1CCC2(CC1)CC(c1ccccc1)CN(C1CC1)C2. The van der Waals surface area contributed by atoms with Gasteiger partial charge in [0.25, 0.3) is 0 Å². The van der Waals surface area contributed by atoms with Crippen LogP contribution in [0.3, 0.4) is 0 Å². The summed E-state index contributed by atoms with van der Waals surface area (Å²) in [6.45, 7) is 6.40. The highest BCUT2D eigenvalue weighted by molar-refractivity contribution is 5.75. The Morgan fingerprint density at radius 1 is 1.17 bits per heavy atom. The molecular weight excluding hydrogens is 296 g/mol. The minimum Gasteiger partial charge on any atom is -0.343 e. The fourth-order valence-electron chi connectivity index (χ4n) is 4.91. The van der Waals surface area contributed by atoms with E-state index in [9.17, 15) is 4.79 Å². The van der Waals surface area contributed by atoms with Crippen molar-refractivity contribution < 1.29 is 4.79 Å².